The van der Waals surface area contributed by atoms with E-state index in [9.17, 15) is 19.2 Å². The topological polar surface area (TPSA) is 139 Å². The second-order valence-corrected chi connectivity index (χ2v) is 11.6. The van der Waals surface area contributed by atoms with Crippen LogP contribution in [0.3, 0.4) is 0 Å². The maximum Gasteiger partial charge on any atom is 0.153 e. The zero-order valence-electron chi connectivity index (χ0n) is 34.2. The van der Waals surface area contributed by atoms with Crippen molar-refractivity contribution in [2.75, 3.05) is 7.05 Å². The summed E-state index contributed by atoms with van der Waals surface area (Å²) in [7, 11) is 2.03. The van der Waals surface area contributed by atoms with Gasteiger partial charge in [-0.2, -0.15) is 33.6 Å². The van der Waals surface area contributed by atoms with E-state index < -0.39 is 0 Å². The smallest absolute Gasteiger partial charge is 0.153 e. The van der Waals surface area contributed by atoms with Crippen molar-refractivity contribution in [3.63, 3.8) is 0 Å². The van der Waals surface area contributed by atoms with Gasteiger partial charge < -0.3 is 26.8 Å². The van der Waals surface area contributed by atoms with Crippen LogP contribution < -0.4 is 11.1 Å². The van der Waals surface area contributed by atoms with Crippen molar-refractivity contribution in [3.05, 3.63) is 24.5 Å². The van der Waals surface area contributed by atoms with Gasteiger partial charge in [0.05, 0.1) is 6.04 Å². The predicted octanol–water partition coefficient (Wildman–Crippen LogP) is 6.78. The van der Waals surface area contributed by atoms with Crippen LogP contribution in [0.25, 0.3) is 0 Å². The van der Waals surface area contributed by atoms with Crippen molar-refractivity contribution in [1.29, 1.82) is 0 Å². The van der Waals surface area contributed by atoms with Crippen molar-refractivity contribution in [1.82, 2.24) is 10.2 Å². The third-order valence-electron chi connectivity index (χ3n) is 7.74. The first kappa shape index (κ1) is 72.0. The Bertz CT molecular complexity index is 894. The molecule has 0 saturated carbocycles. The van der Waals surface area contributed by atoms with Crippen molar-refractivity contribution in [2.45, 2.75) is 166 Å². The minimum absolute atomic E-state index is 0. The van der Waals surface area contributed by atoms with E-state index in [4.69, 9.17) is 10.5 Å². The number of aliphatic imine (C=N–C) groups is 1. The number of rotatable bonds is 5. The normalized spacial score (nSPS) is 23.1. The molecule has 0 aromatic rings. The number of nitrogens with two attached hydrogens (primary N) is 1. The number of halogens is 1. The Morgan fingerprint density at radius 2 is 1.29 bits per heavy atom. The molecule has 2 saturated heterocycles. The molecule has 0 aromatic carbocycles. The van der Waals surface area contributed by atoms with E-state index in [-0.39, 0.29) is 168 Å². The van der Waals surface area contributed by atoms with Gasteiger partial charge in [0.2, 0.25) is 0 Å². The van der Waals surface area contributed by atoms with Gasteiger partial charge in [-0.1, -0.05) is 27.7 Å². The molecule has 13 heteroatoms. The minimum Gasteiger partial charge on any atom is -0.507 e. The Kier molecular flexibility index (Phi) is 60.0. The van der Waals surface area contributed by atoms with Gasteiger partial charge in [0.25, 0.3) is 0 Å². The molecule has 2 aliphatic rings. The zero-order valence-corrected chi connectivity index (χ0v) is 45.1. The van der Waals surface area contributed by atoms with Crippen molar-refractivity contribution in [3.8, 4) is 0 Å². The number of hydrogen-bond donors (Lipinski definition) is 2. The van der Waals surface area contributed by atoms with Crippen LogP contribution in [-0.4, -0.2) is 82.8 Å². The SMILES string of the molecule is C=[C-]C.CC.CC(=O)C(C)N.CC(=O)C1(C)C[C-](C)C(C)N1.CC(=O)C1(C)C[C-](C)C(C)N1C.CC=NC(C)C(C)=O.CC=O.I.[Y].[Y].[Y]. The Morgan fingerprint density at radius 1 is 0.939 bits per heavy atom. The van der Waals surface area contributed by atoms with E-state index in [2.05, 4.69) is 55.6 Å². The number of aldehydes is 1. The van der Waals surface area contributed by atoms with E-state index in [1.165, 1.54) is 32.6 Å². The second kappa shape index (κ2) is 40.9. The Hall–Kier alpha value is 1.68. The summed E-state index contributed by atoms with van der Waals surface area (Å²) < 4.78 is 0. The molecule has 49 heavy (non-hydrogen) atoms. The quantitative estimate of drug-likeness (QED) is 0.133. The maximum atomic E-state index is 11.4. The van der Waals surface area contributed by atoms with E-state index in [1.54, 1.807) is 47.8 Å². The van der Waals surface area contributed by atoms with Crippen LogP contribution >= 0.6 is 24.0 Å². The van der Waals surface area contributed by atoms with E-state index in [1.807, 2.05) is 34.7 Å². The molecule has 283 valence electrons. The fourth-order valence-corrected chi connectivity index (χ4v) is 3.86. The van der Waals surface area contributed by atoms with Crippen LogP contribution in [-0.2, 0) is 122 Å². The monoisotopic (exact) mass is 1030 g/mol. The molecular formula is C36H70IN4O5Y3-3. The van der Waals surface area contributed by atoms with Crippen molar-refractivity contribution < 1.29 is 122 Å². The minimum atomic E-state index is -0.288. The average Bonchev–Trinajstić information content (AvgIpc) is 3.33. The van der Waals surface area contributed by atoms with E-state index in [0.29, 0.717) is 12.1 Å². The number of likely N-dealkylation sites (tertiary alicyclic amines) is 1. The van der Waals surface area contributed by atoms with Gasteiger partial charge in [0.15, 0.2) is 5.78 Å². The molecule has 0 spiro atoms. The Labute approximate surface area is 394 Å². The summed E-state index contributed by atoms with van der Waals surface area (Å²) in [6.45, 7) is 34.5. The third-order valence-corrected chi connectivity index (χ3v) is 7.74. The van der Waals surface area contributed by atoms with E-state index in [0.717, 1.165) is 19.1 Å². The molecule has 3 radical (unpaired) electrons. The molecular weight excluding hydrogens is 962 g/mol. The molecule has 0 bridgehead atoms. The number of hydrogen-bond acceptors (Lipinski definition) is 9. The molecule has 0 aromatic heterocycles. The molecule has 6 atom stereocenters. The van der Waals surface area contributed by atoms with Crippen LogP contribution in [0, 0.1) is 17.9 Å². The molecule has 9 nitrogen and oxygen atoms in total. The molecule has 2 fully saturated rings. The van der Waals surface area contributed by atoms with Gasteiger partial charge in [0.1, 0.15) is 29.7 Å². The Morgan fingerprint density at radius 3 is 1.39 bits per heavy atom. The number of Topliss-reactive ketones (excluding diaryl/α,β-unsaturated/α-hetero) is 4. The number of carbonyl (C=O) groups excluding carboxylic acids is 5. The molecule has 6 unspecified atom stereocenters. The zero-order chi connectivity index (χ0) is 37.3. The number of likely N-dealkylation sites (N-methyl/N-ethyl adjacent to an activating group) is 1. The molecule has 3 N–H and O–H groups in total. The molecule has 0 aliphatic carbocycles. The molecule has 2 heterocycles. The fraction of sp³-hybridized carbons (Fsp3) is 0.722. The first-order valence-electron chi connectivity index (χ1n) is 15.8. The standard InChI is InChI=1S/C10H18NO.C9H16NO.C6H11NO.C4H9NO.C3H5.C2H4O.C2H6.HI.3Y/c1-7-6-10(4,9(3)12)11(5)8(7)2;1-6-5-9(4,8(3)11)10-7(6)2;1-4-7-5(2)6(3)8;1-3(5)4(2)6;1-3-2;1-2-3;1-2;;;;/h8H,6H2,1-5H3;7,10H,5H2,1-4H3;4-5H,1-3H3;3H,5H2,1-2H3;1H2,2H3;2H,1H3;1-2H3;1H;;;/q2*-1;;;-1;;;;;;. The van der Waals surface area contributed by atoms with Crippen LogP contribution in [0.15, 0.2) is 11.6 Å². The average molecular weight is 1030 g/mol. The molecule has 2 aliphatic heterocycles. The molecule has 2 rings (SSSR count). The number of ketones is 4. The second-order valence-electron chi connectivity index (χ2n) is 11.6. The van der Waals surface area contributed by atoms with Crippen LogP contribution in [0.2, 0.25) is 0 Å². The first-order chi connectivity index (χ1) is 20.5. The van der Waals surface area contributed by atoms with Crippen molar-refractivity contribution in [2.24, 2.45) is 10.7 Å². The largest absolute Gasteiger partial charge is 0.507 e. The summed E-state index contributed by atoms with van der Waals surface area (Å²) in [6.07, 6.45) is 6.70. The number of allylic oxidation sites excluding steroid dienone is 1. The van der Waals surface area contributed by atoms with Gasteiger partial charge in [-0.05, 0) is 82.5 Å². The van der Waals surface area contributed by atoms with Gasteiger partial charge in [0, 0.05) is 109 Å². The van der Waals surface area contributed by atoms with Crippen LogP contribution in [0.4, 0.5) is 0 Å². The summed E-state index contributed by atoms with van der Waals surface area (Å²) in [4.78, 5) is 57.9. The van der Waals surface area contributed by atoms with E-state index >= 15 is 0 Å². The number of nitrogens with zero attached hydrogens (tertiary/aromatic N) is 2. The van der Waals surface area contributed by atoms with Gasteiger partial charge >= 0.3 is 0 Å². The van der Waals surface area contributed by atoms with Crippen molar-refractivity contribution >= 4 is 59.6 Å². The Balaban J connectivity index is -0.0000000577. The molecule has 0 amide bonds. The summed E-state index contributed by atoms with van der Waals surface area (Å²) in [5, 5.41) is 3.29. The van der Waals surface area contributed by atoms with Gasteiger partial charge in [-0.15, -0.1) is 36.1 Å². The number of carbonyl (C=O) groups is 5. The van der Waals surface area contributed by atoms with Crippen LogP contribution in [0.1, 0.15) is 131 Å². The summed E-state index contributed by atoms with van der Waals surface area (Å²) in [5.74, 6) is 3.45. The summed E-state index contributed by atoms with van der Waals surface area (Å²) >= 11 is 0. The first-order valence-corrected chi connectivity index (χ1v) is 15.8. The maximum absolute atomic E-state index is 11.4. The fourth-order valence-electron chi connectivity index (χ4n) is 3.86. The van der Waals surface area contributed by atoms with Gasteiger partial charge in [-0.25, -0.2) is 0 Å². The summed E-state index contributed by atoms with van der Waals surface area (Å²) in [5.41, 5.74) is 4.55. The number of nitrogens with one attached hydrogen (secondary N) is 1. The summed E-state index contributed by atoms with van der Waals surface area (Å²) in [6, 6.07) is 0.396. The predicted molar refractivity (Wildman–Crippen MR) is 207 cm³/mol. The van der Waals surface area contributed by atoms with Crippen LogP contribution in [0.5, 0.6) is 0 Å². The van der Waals surface area contributed by atoms with Gasteiger partial charge in [-0.3, -0.25) is 42.6 Å². The third kappa shape index (κ3) is 33.9.